The molecule has 0 spiro atoms. The molecule has 0 N–H and O–H groups in total. The third-order valence-electron chi connectivity index (χ3n) is 5.71. The van der Waals surface area contributed by atoms with Crippen LogP contribution in [0.15, 0.2) is 42.9 Å². The SMILES string of the molecule is COC(=O)c1c(OC)ccnc1O[C@@H]1CC[C@@H](C)N(C(=O)c2c(F)cccc2-n2nccn2)C1. The zero-order chi connectivity index (χ0) is 24.2. The van der Waals surface area contributed by atoms with Gasteiger partial charge in [0.2, 0.25) is 5.88 Å². The number of aromatic nitrogens is 4. The maximum atomic E-state index is 14.9. The Morgan fingerprint density at radius 2 is 1.82 bits per heavy atom. The van der Waals surface area contributed by atoms with Gasteiger partial charge < -0.3 is 19.1 Å². The van der Waals surface area contributed by atoms with E-state index < -0.39 is 23.8 Å². The van der Waals surface area contributed by atoms with E-state index in [0.29, 0.717) is 12.8 Å². The molecule has 11 heteroatoms. The molecular weight excluding hydrogens is 445 g/mol. The van der Waals surface area contributed by atoms with E-state index in [-0.39, 0.29) is 41.0 Å². The third-order valence-corrected chi connectivity index (χ3v) is 5.71. The summed E-state index contributed by atoms with van der Waals surface area (Å²) in [5, 5.41) is 8.07. The summed E-state index contributed by atoms with van der Waals surface area (Å²) in [5.41, 5.74) is 0.179. The predicted molar refractivity (Wildman–Crippen MR) is 118 cm³/mol. The first-order valence-electron chi connectivity index (χ1n) is 10.7. The first-order valence-corrected chi connectivity index (χ1v) is 10.7. The van der Waals surface area contributed by atoms with Crippen molar-refractivity contribution in [1.82, 2.24) is 24.9 Å². The second-order valence-electron chi connectivity index (χ2n) is 7.76. The van der Waals surface area contributed by atoms with E-state index in [9.17, 15) is 14.0 Å². The Morgan fingerprint density at radius 3 is 2.53 bits per heavy atom. The predicted octanol–water partition coefficient (Wildman–Crippen LogP) is 2.67. The molecule has 4 rings (SSSR count). The van der Waals surface area contributed by atoms with Crippen LogP contribution in [0.2, 0.25) is 0 Å². The van der Waals surface area contributed by atoms with Crippen molar-refractivity contribution in [1.29, 1.82) is 0 Å². The van der Waals surface area contributed by atoms with Gasteiger partial charge >= 0.3 is 5.97 Å². The second kappa shape index (κ2) is 9.86. The first-order chi connectivity index (χ1) is 16.4. The van der Waals surface area contributed by atoms with Crippen molar-refractivity contribution in [2.45, 2.75) is 31.9 Å². The van der Waals surface area contributed by atoms with E-state index in [2.05, 4.69) is 15.2 Å². The molecule has 10 nitrogen and oxygen atoms in total. The maximum absolute atomic E-state index is 14.9. The highest BCUT2D eigenvalue weighted by Gasteiger charge is 2.34. The highest BCUT2D eigenvalue weighted by molar-refractivity contribution is 5.98. The number of hydrogen-bond donors (Lipinski definition) is 0. The van der Waals surface area contributed by atoms with E-state index in [1.54, 1.807) is 11.0 Å². The van der Waals surface area contributed by atoms with Crippen LogP contribution >= 0.6 is 0 Å². The fourth-order valence-electron chi connectivity index (χ4n) is 3.96. The van der Waals surface area contributed by atoms with Crippen LogP contribution in [-0.2, 0) is 4.74 Å². The largest absolute Gasteiger partial charge is 0.496 e. The molecule has 0 radical (unpaired) electrons. The second-order valence-corrected chi connectivity index (χ2v) is 7.76. The van der Waals surface area contributed by atoms with Gasteiger partial charge in [-0.3, -0.25) is 4.79 Å². The van der Waals surface area contributed by atoms with E-state index in [1.807, 2.05) is 6.92 Å². The summed E-state index contributed by atoms with van der Waals surface area (Å²) < 4.78 is 31.0. The normalized spacial score (nSPS) is 17.8. The molecule has 178 valence electrons. The van der Waals surface area contributed by atoms with Crippen molar-refractivity contribution in [3.63, 3.8) is 0 Å². The summed E-state index contributed by atoms with van der Waals surface area (Å²) in [6.07, 6.45) is 5.09. The number of amides is 1. The van der Waals surface area contributed by atoms with Crippen molar-refractivity contribution in [3.05, 3.63) is 59.8 Å². The lowest BCUT2D eigenvalue weighted by Gasteiger charge is -2.38. The summed E-state index contributed by atoms with van der Waals surface area (Å²) >= 11 is 0. The molecule has 34 heavy (non-hydrogen) atoms. The van der Waals surface area contributed by atoms with Crippen molar-refractivity contribution < 1.29 is 28.2 Å². The molecule has 0 bridgehead atoms. The summed E-state index contributed by atoms with van der Waals surface area (Å²) in [4.78, 5) is 32.8. The van der Waals surface area contributed by atoms with Crippen LogP contribution in [0.3, 0.4) is 0 Å². The van der Waals surface area contributed by atoms with Gasteiger partial charge in [-0.2, -0.15) is 15.0 Å². The van der Waals surface area contributed by atoms with Crippen LogP contribution < -0.4 is 9.47 Å². The highest BCUT2D eigenvalue weighted by Crippen LogP contribution is 2.30. The average Bonchev–Trinajstić information content (AvgIpc) is 3.39. The molecular formula is C23H24FN5O5. The molecule has 3 aromatic rings. The number of carbonyl (C=O) groups excluding carboxylic acids is 2. The Morgan fingerprint density at radius 1 is 1.06 bits per heavy atom. The summed E-state index contributed by atoms with van der Waals surface area (Å²) in [6, 6.07) is 5.68. The number of pyridine rings is 1. The molecule has 3 heterocycles. The van der Waals surface area contributed by atoms with Gasteiger partial charge in [-0.1, -0.05) is 6.07 Å². The molecule has 0 saturated carbocycles. The van der Waals surface area contributed by atoms with E-state index in [0.717, 1.165) is 0 Å². The standard InChI is InChI=1S/C23H24FN5O5/c1-14-7-8-15(34-21-20(23(31)33-3)18(32-2)9-10-25-21)13-28(14)22(30)19-16(24)5-4-6-17(19)29-26-11-12-27-29/h4-6,9-12,14-15H,7-8,13H2,1-3H3/t14-,15-/m1/s1. The molecule has 2 atom stereocenters. The number of piperidine rings is 1. The zero-order valence-electron chi connectivity index (χ0n) is 19.0. The number of halogens is 1. The van der Waals surface area contributed by atoms with E-state index in [4.69, 9.17) is 14.2 Å². The van der Waals surface area contributed by atoms with E-state index >= 15 is 0 Å². The van der Waals surface area contributed by atoms with Gasteiger partial charge in [0.05, 0.1) is 33.2 Å². The monoisotopic (exact) mass is 469 g/mol. The first kappa shape index (κ1) is 23.1. The van der Waals surface area contributed by atoms with Gasteiger partial charge in [0.25, 0.3) is 5.91 Å². The fourth-order valence-corrected chi connectivity index (χ4v) is 3.96. The smallest absolute Gasteiger partial charge is 0.347 e. The molecule has 1 amide bonds. The molecule has 1 aliphatic heterocycles. The Labute approximate surface area is 195 Å². The topological polar surface area (TPSA) is 109 Å². The van der Waals surface area contributed by atoms with Crippen LogP contribution in [-0.4, -0.2) is 69.7 Å². The Balaban J connectivity index is 1.62. The quantitative estimate of drug-likeness (QED) is 0.507. The Bertz CT molecular complexity index is 1190. The number of carbonyl (C=O) groups is 2. The van der Waals surface area contributed by atoms with E-state index in [1.165, 1.54) is 55.8 Å². The lowest BCUT2D eigenvalue weighted by molar-refractivity contribution is 0.0353. The molecule has 2 aromatic heterocycles. The number of benzene rings is 1. The number of rotatable bonds is 6. The Hall–Kier alpha value is -4.02. The minimum Gasteiger partial charge on any atom is -0.496 e. The van der Waals surface area contributed by atoms with Crippen LogP contribution in [0.1, 0.15) is 40.5 Å². The van der Waals surface area contributed by atoms with Gasteiger partial charge in [0, 0.05) is 12.2 Å². The number of methoxy groups -OCH3 is 2. The van der Waals surface area contributed by atoms with Crippen molar-refractivity contribution in [3.8, 4) is 17.3 Å². The number of likely N-dealkylation sites (tertiary alicyclic amines) is 1. The molecule has 1 fully saturated rings. The molecule has 1 saturated heterocycles. The van der Waals surface area contributed by atoms with Crippen molar-refractivity contribution in [2.75, 3.05) is 20.8 Å². The number of nitrogens with zero attached hydrogens (tertiary/aromatic N) is 5. The number of esters is 1. The number of ether oxygens (including phenoxy) is 3. The summed E-state index contributed by atoms with van der Waals surface area (Å²) in [5.74, 6) is -1.52. The van der Waals surface area contributed by atoms with Crippen LogP contribution in [0, 0.1) is 5.82 Å². The third kappa shape index (κ3) is 4.41. The summed E-state index contributed by atoms with van der Waals surface area (Å²) in [6.45, 7) is 2.06. The lowest BCUT2D eigenvalue weighted by atomic mass is 9.99. The summed E-state index contributed by atoms with van der Waals surface area (Å²) in [7, 11) is 2.68. The highest BCUT2D eigenvalue weighted by atomic mass is 19.1. The molecule has 0 unspecified atom stereocenters. The number of hydrogen-bond acceptors (Lipinski definition) is 8. The van der Waals surface area contributed by atoms with Gasteiger partial charge in [-0.05, 0) is 38.0 Å². The fraction of sp³-hybridized carbons (Fsp3) is 0.348. The Kier molecular flexibility index (Phi) is 6.71. The lowest BCUT2D eigenvalue weighted by Crippen LogP contribution is -2.49. The maximum Gasteiger partial charge on any atom is 0.347 e. The minimum atomic E-state index is -0.669. The van der Waals surface area contributed by atoms with Crippen molar-refractivity contribution in [2.24, 2.45) is 0 Å². The molecule has 0 aliphatic carbocycles. The molecule has 1 aliphatic rings. The minimum absolute atomic E-state index is 0.0467. The zero-order valence-corrected chi connectivity index (χ0v) is 19.0. The van der Waals surface area contributed by atoms with Gasteiger partial charge in [0.1, 0.15) is 28.9 Å². The van der Waals surface area contributed by atoms with Gasteiger partial charge in [-0.25, -0.2) is 14.2 Å². The van der Waals surface area contributed by atoms with Crippen molar-refractivity contribution >= 4 is 11.9 Å². The van der Waals surface area contributed by atoms with Gasteiger partial charge in [-0.15, -0.1) is 0 Å². The average molecular weight is 469 g/mol. The molecule has 1 aromatic carbocycles. The van der Waals surface area contributed by atoms with Crippen LogP contribution in [0.4, 0.5) is 4.39 Å². The van der Waals surface area contributed by atoms with Crippen LogP contribution in [0.5, 0.6) is 11.6 Å². The van der Waals surface area contributed by atoms with Crippen LogP contribution in [0.25, 0.3) is 5.69 Å². The van der Waals surface area contributed by atoms with Gasteiger partial charge in [0.15, 0.2) is 5.56 Å².